The van der Waals surface area contributed by atoms with Crippen molar-refractivity contribution in [3.8, 4) is 0 Å². The minimum Gasteiger partial charge on any atom is -0.387 e. The summed E-state index contributed by atoms with van der Waals surface area (Å²) in [6.45, 7) is 0.529. The first-order chi connectivity index (χ1) is 5.20. The Balaban J connectivity index is 2.01. The zero-order chi connectivity index (χ0) is 8.01. The molecule has 3 N–H and O–H groups in total. The van der Waals surface area contributed by atoms with E-state index >= 15 is 0 Å². The predicted molar refractivity (Wildman–Crippen MR) is 32.6 cm³/mol. The molecule has 2 fully saturated rings. The average Bonchev–Trinajstić information content (AvgIpc) is 2.76. The molecule has 2 heterocycles. The van der Waals surface area contributed by atoms with E-state index in [0.29, 0.717) is 6.61 Å². The maximum atomic E-state index is 9.22. The molecule has 0 bridgehead atoms. The molecule has 5 heteroatoms. The van der Waals surface area contributed by atoms with Gasteiger partial charge in [0.15, 0.2) is 6.29 Å². The average molecular weight is 162 g/mol. The van der Waals surface area contributed by atoms with Gasteiger partial charge < -0.3 is 24.8 Å². The molecule has 2 rings (SSSR count). The summed E-state index contributed by atoms with van der Waals surface area (Å²) < 4.78 is 9.69. The second-order valence-corrected chi connectivity index (χ2v) is 2.84. The molecule has 64 valence electrons. The summed E-state index contributed by atoms with van der Waals surface area (Å²) in [5.41, 5.74) is 0. The quantitative estimate of drug-likeness (QED) is 0.382. The van der Waals surface area contributed by atoms with Crippen LogP contribution in [0.4, 0.5) is 0 Å². The van der Waals surface area contributed by atoms with Crippen LogP contribution in [0.3, 0.4) is 0 Å². The van der Waals surface area contributed by atoms with Crippen LogP contribution in [-0.2, 0) is 9.47 Å². The number of hydrogen-bond acceptors (Lipinski definition) is 5. The Kier molecular flexibility index (Phi) is 1.62. The van der Waals surface area contributed by atoms with Crippen molar-refractivity contribution in [2.45, 2.75) is 30.7 Å². The molecule has 5 atom stereocenters. The summed E-state index contributed by atoms with van der Waals surface area (Å²) >= 11 is 0. The van der Waals surface area contributed by atoms with E-state index in [0.717, 1.165) is 0 Å². The van der Waals surface area contributed by atoms with Crippen molar-refractivity contribution in [1.29, 1.82) is 0 Å². The fraction of sp³-hybridized carbons (Fsp3) is 1.00. The zero-order valence-corrected chi connectivity index (χ0v) is 5.75. The van der Waals surface area contributed by atoms with Crippen LogP contribution in [0.2, 0.25) is 0 Å². The van der Waals surface area contributed by atoms with Crippen molar-refractivity contribution in [2.75, 3.05) is 6.61 Å². The van der Waals surface area contributed by atoms with E-state index in [2.05, 4.69) is 0 Å². The normalized spacial score (nSPS) is 56.5. The van der Waals surface area contributed by atoms with Crippen molar-refractivity contribution < 1.29 is 24.8 Å². The third kappa shape index (κ3) is 1.15. The van der Waals surface area contributed by atoms with Gasteiger partial charge in [-0.25, -0.2) is 0 Å². The maximum Gasteiger partial charge on any atom is 0.184 e. The Bertz CT molecular complexity index is 157. The van der Waals surface area contributed by atoms with Crippen LogP contribution in [0.15, 0.2) is 0 Å². The molecule has 0 amide bonds. The highest BCUT2D eigenvalue weighted by atomic mass is 16.7. The molecule has 0 radical (unpaired) electrons. The Hall–Kier alpha value is -0.200. The highest BCUT2D eigenvalue weighted by Crippen LogP contribution is 2.28. The van der Waals surface area contributed by atoms with Crippen LogP contribution >= 0.6 is 0 Å². The molecule has 11 heavy (non-hydrogen) atoms. The molecule has 0 aromatic rings. The van der Waals surface area contributed by atoms with Crippen molar-refractivity contribution >= 4 is 0 Å². The van der Waals surface area contributed by atoms with Crippen LogP contribution in [-0.4, -0.2) is 52.6 Å². The first-order valence-corrected chi connectivity index (χ1v) is 3.51. The first-order valence-electron chi connectivity index (χ1n) is 3.51. The molecule has 0 spiro atoms. The predicted octanol–water partition coefficient (Wildman–Crippen LogP) is -2.18. The van der Waals surface area contributed by atoms with Gasteiger partial charge in [0.25, 0.3) is 0 Å². The van der Waals surface area contributed by atoms with E-state index < -0.39 is 24.6 Å². The SMILES string of the molecule is OC1O[C@H]([C@H]2CO2)[C@H](O)[C@@H]1O. The largest absolute Gasteiger partial charge is 0.387 e. The van der Waals surface area contributed by atoms with E-state index in [1.165, 1.54) is 0 Å². The smallest absolute Gasteiger partial charge is 0.184 e. The molecule has 0 aromatic heterocycles. The second-order valence-electron chi connectivity index (χ2n) is 2.84. The number of hydrogen-bond donors (Lipinski definition) is 3. The van der Waals surface area contributed by atoms with E-state index in [-0.39, 0.29) is 6.10 Å². The summed E-state index contributed by atoms with van der Waals surface area (Å²) in [7, 11) is 0. The second kappa shape index (κ2) is 2.40. The standard InChI is InChI=1S/C6H10O5/c7-3-4(8)6(9)11-5(3)2-1-10-2/h2-9H,1H2/t2-,3-,4+,5-,6?/m1/s1. The third-order valence-corrected chi connectivity index (χ3v) is 2.00. The van der Waals surface area contributed by atoms with E-state index in [1.54, 1.807) is 0 Å². The van der Waals surface area contributed by atoms with Gasteiger partial charge in [-0.1, -0.05) is 0 Å². The van der Waals surface area contributed by atoms with Crippen molar-refractivity contribution in [3.63, 3.8) is 0 Å². The molecule has 2 aliphatic rings. The summed E-state index contributed by atoms with van der Waals surface area (Å²) in [6, 6.07) is 0. The lowest BCUT2D eigenvalue weighted by Gasteiger charge is -2.10. The van der Waals surface area contributed by atoms with Gasteiger partial charge in [0.2, 0.25) is 0 Å². The molecule has 0 aromatic carbocycles. The van der Waals surface area contributed by atoms with Gasteiger partial charge in [-0.2, -0.15) is 0 Å². The Labute approximate surface area is 63.2 Å². The zero-order valence-electron chi connectivity index (χ0n) is 5.75. The van der Waals surface area contributed by atoms with Crippen molar-refractivity contribution in [3.05, 3.63) is 0 Å². The molecule has 5 nitrogen and oxygen atoms in total. The van der Waals surface area contributed by atoms with Gasteiger partial charge in [-0.15, -0.1) is 0 Å². The highest BCUT2D eigenvalue weighted by Gasteiger charge is 2.49. The molecule has 0 aliphatic carbocycles. The third-order valence-electron chi connectivity index (χ3n) is 2.00. The topological polar surface area (TPSA) is 82.5 Å². The summed E-state index contributed by atoms with van der Waals surface area (Å²) in [4.78, 5) is 0. The molecule has 0 saturated carbocycles. The lowest BCUT2D eigenvalue weighted by Crippen LogP contribution is -2.34. The van der Waals surface area contributed by atoms with Gasteiger partial charge >= 0.3 is 0 Å². The fourth-order valence-corrected chi connectivity index (χ4v) is 1.24. The fourth-order valence-electron chi connectivity index (χ4n) is 1.24. The monoisotopic (exact) mass is 162 g/mol. The van der Waals surface area contributed by atoms with Crippen LogP contribution < -0.4 is 0 Å². The molecule has 2 aliphatic heterocycles. The van der Waals surface area contributed by atoms with Crippen molar-refractivity contribution in [1.82, 2.24) is 0 Å². The number of aliphatic hydroxyl groups excluding tert-OH is 3. The lowest BCUT2D eigenvalue weighted by atomic mass is 10.1. The van der Waals surface area contributed by atoms with Gasteiger partial charge in [0.05, 0.1) is 6.61 Å². The lowest BCUT2D eigenvalue weighted by molar-refractivity contribution is -0.129. The maximum absolute atomic E-state index is 9.22. The van der Waals surface area contributed by atoms with E-state index in [9.17, 15) is 5.11 Å². The van der Waals surface area contributed by atoms with Gasteiger partial charge in [-0.3, -0.25) is 0 Å². The Morgan fingerprint density at radius 1 is 1.09 bits per heavy atom. The van der Waals surface area contributed by atoms with Crippen LogP contribution in [0, 0.1) is 0 Å². The van der Waals surface area contributed by atoms with Crippen LogP contribution in [0.5, 0.6) is 0 Å². The first kappa shape index (κ1) is 7.45. The van der Waals surface area contributed by atoms with E-state index in [4.69, 9.17) is 19.7 Å². The van der Waals surface area contributed by atoms with Gasteiger partial charge in [-0.05, 0) is 0 Å². The van der Waals surface area contributed by atoms with Gasteiger partial charge in [0.1, 0.15) is 24.4 Å². The van der Waals surface area contributed by atoms with E-state index in [1.807, 2.05) is 0 Å². The Morgan fingerprint density at radius 3 is 2.09 bits per heavy atom. The van der Waals surface area contributed by atoms with Crippen LogP contribution in [0.25, 0.3) is 0 Å². The molecular formula is C6H10O5. The van der Waals surface area contributed by atoms with Crippen molar-refractivity contribution in [2.24, 2.45) is 0 Å². The highest BCUT2D eigenvalue weighted by molar-refractivity contribution is 4.94. The minimum atomic E-state index is -1.28. The molecule has 2 saturated heterocycles. The van der Waals surface area contributed by atoms with Gasteiger partial charge in [0, 0.05) is 0 Å². The number of epoxide rings is 1. The number of aliphatic hydroxyl groups is 3. The minimum absolute atomic E-state index is 0.156. The number of ether oxygens (including phenoxy) is 2. The summed E-state index contributed by atoms with van der Waals surface area (Å²) in [5.74, 6) is 0. The summed E-state index contributed by atoms with van der Waals surface area (Å²) in [6.07, 6.45) is -4.24. The Morgan fingerprint density at radius 2 is 1.73 bits per heavy atom. The molecule has 1 unspecified atom stereocenters. The van der Waals surface area contributed by atoms with Crippen LogP contribution in [0.1, 0.15) is 0 Å². The number of rotatable bonds is 1. The molecular weight excluding hydrogens is 152 g/mol. The summed E-state index contributed by atoms with van der Waals surface area (Å²) in [5, 5.41) is 27.2.